The number of aromatic nitrogens is 9. The zero-order valence-corrected chi connectivity index (χ0v) is 46.8. The highest BCUT2D eigenvalue weighted by molar-refractivity contribution is 7.16. The summed E-state index contributed by atoms with van der Waals surface area (Å²) in [6, 6.07) is 14.3. The molecule has 0 aliphatic carbocycles. The second-order valence-corrected chi connectivity index (χ2v) is 23.3. The van der Waals surface area contributed by atoms with Gasteiger partial charge in [-0.2, -0.15) is 19.6 Å². The number of hydrogen-bond donors (Lipinski definition) is 4. The second-order valence-electron chi connectivity index (χ2n) is 18.8. The Hall–Kier alpha value is -8.01. The van der Waals surface area contributed by atoms with Gasteiger partial charge in [-0.25, -0.2) is 14.6 Å². The molecule has 9 heterocycles. The number of carbonyl (C=O) groups is 6. The highest BCUT2D eigenvalue weighted by Crippen LogP contribution is 2.29. The second kappa shape index (κ2) is 24.3. The highest BCUT2D eigenvalue weighted by Gasteiger charge is 2.30. The van der Waals surface area contributed by atoms with E-state index in [4.69, 9.17) is 23.2 Å². The quantitative estimate of drug-likeness (QED) is 0.0704. The number of amides is 1. The van der Waals surface area contributed by atoms with Gasteiger partial charge in [0.15, 0.2) is 0 Å². The molecule has 9 rings (SSSR count). The van der Waals surface area contributed by atoms with E-state index in [1.165, 1.54) is 81.9 Å². The lowest BCUT2D eigenvalue weighted by Crippen LogP contribution is -2.49. The van der Waals surface area contributed by atoms with Crippen LogP contribution in [-0.4, -0.2) is 132 Å². The van der Waals surface area contributed by atoms with Gasteiger partial charge in [-0.1, -0.05) is 44.0 Å². The highest BCUT2D eigenvalue weighted by atomic mass is 35.5. The molecule has 1 aliphatic rings. The molecular weight excluding hydrogens is 1120 g/mol. The largest absolute Gasteiger partial charge is 0.477 e. The van der Waals surface area contributed by atoms with Crippen molar-refractivity contribution in [1.29, 1.82) is 0 Å². The van der Waals surface area contributed by atoms with Crippen molar-refractivity contribution in [2.24, 2.45) is 5.41 Å². The number of aryl methyl sites for hydroxylation is 1. The van der Waals surface area contributed by atoms with Gasteiger partial charge in [-0.3, -0.25) is 47.9 Å². The number of Topliss-reactive ketones (excluding diaryl/α,β-unsaturated/α-hetero) is 1. The number of nitrogens with zero attached hydrogens (tertiary/aromatic N) is 11. The molecule has 410 valence electrons. The minimum atomic E-state index is -1.39. The van der Waals surface area contributed by atoms with Crippen LogP contribution in [0.3, 0.4) is 0 Å². The maximum absolute atomic E-state index is 13.7. The fraction of sp³-hybridized carbons (Fsp3) is 0.275. The Morgan fingerprint density at radius 1 is 0.709 bits per heavy atom. The van der Waals surface area contributed by atoms with Crippen LogP contribution in [0.1, 0.15) is 82.0 Å². The average molecular weight is 1170 g/mol. The number of aromatic carboxylic acids is 2. The van der Waals surface area contributed by atoms with Crippen molar-refractivity contribution in [2.75, 3.05) is 43.9 Å². The van der Waals surface area contributed by atoms with Gasteiger partial charge in [0.1, 0.15) is 51.5 Å². The number of halogens is 2. The van der Waals surface area contributed by atoms with Crippen LogP contribution in [0, 0.1) is 12.3 Å². The van der Waals surface area contributed by atoms with Gasteiger partial charge in [0, 0.05) is 65.9 Å². The standard InChI is InChI=1S/C27H33ClN6O5S.C24H16ClN7O5S2/c1-16-12-18(24(36)33(23(16)25(37)38)15-22(35)32-10-8-31(5)9-11-32)19-13-21(29-14-17-6-7-20(28)40-17)34(30-19)26(39)27(2,3)4;25-20-4-1-13(39-20)8-29-21-7-15(30-32(21)23(35)19-10-27-12-38-19)14-2-3-17(24(36)37)31(22(14)34)11-18(33)16-9-26-5-6-28-16/h6-7,12-13,29H,8-11,14-15H2,1-5H3,(H,37,38);1-7,9-10,12,29H,8,11H2,(H,36,37). The fourth-order valence-corrected chi connectivity index (χ4v) is 10.7. The number of likely N-dealkylation sites (N-methyl/N-ethyl adjacent to an activating group) is 1. The van der Waals surface area contributed by atoms with Gasteiger partial charge in [-0.15, -0.1) is 34.0 Å². The Morgan fingerprint density at radius 2 is 1.32 bits per heavy atom. The molecule has 0 unspecified atom stereocenters. The van der Waals surface area contributed by atoms with Gasteiger partial charge in [0.25, 0.3) is 22.9 Å². The van der Waals surface area contributed by atoms with E-state index in [-0.39, 0.29) is 51.5 Å². The molecule has 1 amide bonds. The summed E-state index contributed by atoms with van der Waals surface area (Å²) < 4.78 is 5.41. The molecule has 28 heteroatoms. The summed E-state index contributed by atoms with van der Waals surface area (Å²) in [6.45, 7) is 8.95. The normalized spacial score (nSPS) is 12.7. The van der Waals surface area contributed by atoms with Crippen LogP contribution in [0.15, 0.2) is 94.5 Å². The minimum Gasteiger partial charge on any atom is -0.477 e. The molecule has 1 aliphatic heterocycles. The molecule has 23 nitrogen and oxygen atoms in total. The van der Waals surface area contributed by atoms with Crippen LogP contribution in [0.25, 0.3) is 22.5 Å². The third-order valence-electron chi connectivity index (χ3n) is 12.2. The third-order valence-corrected chi connectivity index (χ3v) is 15.4. The van der Waals surface area contributed by atoms with E-state index in [0.29, 0.717) is 64.2 Å². The number of anilines is 2. The molecule has 0 bridgehead atoms. The summed E-state index contributed by atoms with van der Waals surface area (Å²) >= 11 is 16.0. The van der Waals surface area contributed by atoms with Crippen LogP contribution >= 0.6 is 57.2 Å². The first kappa shape index (κ1) is 57.2. The summed E-state index contributed by atoms with van der Waals surface area (Å²) in [5, 5.41) is 34.7. The number of carbonyl (C=O) groups excluding carboxylic acids is 4. The van der Waals surface area contributed by atoms with E-state index >= 15 is 0 Å². The van der Waals surface area contributed by atoms with Gasteiger partial charge in [0.05, 0.1) is 57.3 Å². The van der Waals surface area contributed by atoms with Crippen molar-refractivity contribution in [1.82, 2.24) is 53.4 Å². The Balaban J connectivity index is 0.000000208. The minimum absolute atomic E-state index is 0.00924. The number of piperazine rings is 1. The molecule has 8 aromatic heterocycles. The van der Waals surface area contributed by atoms with Crippen LogP contribution < -0.4 is 21.8 Å². The average Bonchev–Trinajstić information content (AvgIpc) is 4.35. The SMILES string of the molecule is Cc1cc(-c2cc(NCc3ccc(Cl)s3)n(C(=O)C(C)(C)C)n2)c(=O)n(CC(=O)N2CCN(C)CC2)c1C(=O)O.O=C(Cn1c(C(=O)O)ccc(-c2cc(NCc3ccc(Cl)s3)n(C(=O)c3cncs3)n2)c1=O)c1cnccn1. The van der Waals surface area contributed by atoms with E-state index in [9.17, 15) is 48.6 Å². The maximum atomic E-state index is 13.7. The monoisotopic (exact) mass is 1170 g/mol. The molecule has 79 heavy (non-hydrogen) atoms. The lowest BCUT2D eigenvalue weighted by Gasteiger charge is -2.32. The topological polar surface area (TPSA) is 292 Å². The number of nitrogens with one attached hydrogen (secondary N) is 2. The van der Waals surface area contributed by atoms with Crippen LogP contribution in [0.2, 0.25) is 8.67 Å². The summed E-state index contributed by atoms with van der Waals surface area (Å²) in [5.41, 5.74) is -0.714. The molecule has 1 fully saturated rings. The maximum Gasteiger partial charge on any atom is 0.352 e. The Labute approximate surface area is 471 Å². The lowest BCUT2D eigenvalue weighted by atomic mass is 9.96. The summed E-state index contributed by atoms with van der Waals surface area (Å²) in [4.78, 5) is 121. The van der Waals surface area contributed by atoms with Crippen LogP contribution in [0.4, 0.5) is 11.6 Å². The molecule has 4 N–H and O–H groups in total. The Bertz CT molecular complexity index is 3740. The van der Waals surface area contributed by atoms with E-state index in [1.54, 1.807) is 50.8 Å². The number of rotatable bonds is 16. The van der Waals surface area contributed by atoms with Crippen molar-refractivity contribution in [3.8, 4) is 22.5 Å². The number of pyridine rings is 2. The van der Waals surface area contributed by atoms with Crippen molar-refractivity contribution in [2.45, 2.75) is 53.9 Å². The predicted molar refractivity (Wildman–Crippen MR) is 298 cm³/mol. The van der Waals surface area contributed by atoms with E-state index < -0.39 is 58.9 Å². The molecule has 0 aromatic carbocycles. The van der Waals surface area contributed by atoms with Crippen LogP contribution in [0.5, 0.6) is 0 Å². The summed E-state index contributed by atoms with van der Waals surface area (Å²) in [6.07, 6.45) is 5.33. The van der Waals surface area contributed by atoms with E-state index in [1.807, 2.05) is 19.2 Å². The third kappa shape index (κ3) is 13.3. The smallest absolute Gasteiger partial charge is 0.352 e. The summed E-state index contributed by atoms with van der Waals surface area (Å²) in [7, 11) is 1.96. The first-order chi connectivity index (χ1) is 37.6. The molecule has 0 atom stereocenters. The van der Waals surface area contributed by atoms with Gasteiger partial charge in [0.2, 0.25) is 11.7 Å². The first-order valence-electron chi connectivity index (χ1n) is 23.9. The Kier molecular flexibility index (Phi) is 17.6. The van der Waals surface area contributed by atoms with Gasteiger partial charge in [-0.05, 0) is 62.0 Å². The van der Waals surface area contributed by atoms with Crippen molar-refractivity contribution in [3.05, 3.63) is 152 Å². The molecule has 1 saturated heterocycles. The van der Waals surface area contributed by atoms with Gasteiger partial charge >= 0.3 is 11.9 Å². The Morgan fingerprint density at radius 3 is 1.86 bits per heavy atom. The molecule has 0 radical (unpaired) electrons. The molecule has 8 aromatic rings. The molecule has 0 spiro atoms. The predicted octanol–water partition coefficient (Wildman–Crippen LogP) is 7.06. The van der Waals surface area contributed by atoms with Crippen LogP contribution in [-0.2, 0) is 31.0 Å². The lowest BCUT2D eigenvalue weighted by molar-refractivity contribution is -0.133. The number of carboxylic acids is 2. The van der Waals surface area contributed by atoms with Crippen molar-refractivity contribution >= 4 is 104 Å². The number of ketones is 1. The van der Waals surface area contributed by atoms with E-state index in [2.05, 4.69) is 40.7 Å². The number of hydrogen-bond acceptors (Lipinski definition) is 19. The molecule has 0 saturated carbocycles. The van der Waals surface area contributed by atoms with Gasteiger partial charge < -0.3 is 30.6 Å². The van der Waals surface area contributed by atoms with Crippen molar-refractivity contribution < 1.29 is 39.0 Å². The fourth-order valence-electron chi connectivity index (χ4n) is 8.08. The number of thiophene rings is 2. The molecular formula is C51H49Cl2N13O10S3. The zero-order valence-electron chi connectivity index (χ0n) is 42.8. The van der Waals surface area contributed by atoms with E-state index in [0.717, 1.165) is 34.9 Å². The zero-order chi connectivity index (χ0) is 56.9. The first-order valence-corrected chi connectivity index (χ1v) is 27.2. The number of carboxylic acid groups (broad SMARTS) is 2. The summed E-state index contributed by atoms with van der Waals surface area (Å²) in [5.74, 6) is -3.75. The number of thiazole rings is 1. The van der Waals surface area contributed by atoms with Crippen molar-refractivity contribution in [3.63, 3.8) is 0 Å².